The molecule has 0 saturated heterocycles. The normalized spacial score (nSPS) is 21.0. The molecule has 12 heteroatoms. The van der Waals surface area contributed by atoms with Crippen LogP contribution < -0.4 is 16.0 Å². The third kappa shape index (κ3) is 9.73. The van der Waals surface area contributed by atoms with E-state index in [0.29, 0.717) is 17.4 Å². The minimum atomic E-state index is -1.51. The minimum absolute atomic E-state index is 0.0215. The van der Waals surface area contributed by atoms with Crippen molar-refractivity contribution in [3.05, 3.63) is 48.0 Å². The monoisotopic (exact) mass is 627 g/mol. The summed E-state index contributed by atoms with van der Waals surface area (Å²) in [6.07, 6.45) is -2.85. The van der Waals surface area contributed by atoms with E-state index in [1.165, 1.54) is 0 Å². The van der Waals surface area contributed by atoms with Gasteiger partial charge in [-0.05, 0) is 53.9 Å². The van der Waals surface area contributed by atoms with Gasteiger partial charge < -0.3 is 36.4 Å². The van der Waals surface area contributed by atoms with Crippen molar-refractivity contribution in [2.24, 2.45) is 23.7 Å². The number of aliphatic carboxylic acids is 2. The van der Waals surface area contributed by atoms with E-state index in [2.05, 4.69) is 16.0 Å². The molecule has 2 aromatic carbocycles. The number of carboxylic acids is 2. The first kappa shape index (κ1) is 35.4. The van der Waals surface area contributed by atoms with E-state index in [4.69, 9.17) is 0 Å². The predicted molar refractivity (Wildman–Crippen MR) is 166 cm³/mol. The molecule has 7 atom stereocenters. The number of nitrogens with one attached hydrogen (secondary N) is 3. The predicted octanol–water partition coefficient (Wildman–Crippen LogP) is 2.37. The molecule has 7 N–H and O–H groups in total. The summed E-state index contributed by atoms with van der Waals surface area (Å²) in [6, 6.07) is 9.98. The first-order chi connectivity index (χ1) is 21.2. The topological polar surface area (TPSA) is 202 Å². The van der Waals surface area contributed by atoms with Gasteiger partial charge in [0, 0.05) is 6.04 Å². The summed E-state index contributed by atoms with van der Waals surface area (Å²) < 4.78 is 0. The van der Waals surface area contributed by atoms with Crippen LogP contribution in [-0.4, -0.2) is 74.3 Å². The average molecular weight is 628 g/mol. The van der Waals surface area contributed by atoms with Crippen LogP contribution in [0.1, 0.15) is 71.5 Å². The third-order valence-corrected chi connectivity index (χ3v) is 8.30. The number of aliphatic hydroxyl groups excluding tert-OH is 2. The zero-order valence-corrected chi connectivity index (χ0v) is 26.1. The van der Waals surface area contributed by atoms with Crippen LogP contribution in [0.15, 0.2) is 42.5 Å². The molecule has 1 fully saturated rings. The van der Waals surface area contributed by atoms with Crippen molar-refractivity contribution in [3.63, 3.8) is 0 Å². The van der Waals surface area contributed by atoms with Crippen molar-refractivity contribution in [1.82, 2.24) is 16.0 Å². The molecule has 0 radical (unpaired) electrons. The maximum atomic E-state index is 13.2. The first-order valence-corrected chi connectivity index (χ1v) is 15.4. The summed E-state index contributed by atoms with van der Waals surface area (Å²) in [5.74, 6) is -6.41. The smallest absolute Gasteiger partial charge is 0.306 e. The summed E-state index contributed by atoms with van der Waals surface area (Å²) in [5.41, 5.74) is 0.411. The van der Waals surface area contributed by atoms with Gasteiger partial charge in [-0.3, -0.25) is 24.0 Å². The van der Waals surface area contributed by atoms with Gasteiger partial charge in [0.2, 0.25) is 11.8 Å². The van der Waals surface area contributed by atoms with Crippen LogP contribution in [0.2, 0.25) is 0 Å². The molecule has 0 aliphatic heterocycles. The van der Waals surface area contributed by atoms with Crippen LogP contribution in [0.4, 0.5) is 0 Å². The molecule has 0 aromatic heterocycles. The number of aliphatic hydroxyl groups is 2. The molecule has 2 aromatic rings. The third-order valence-electron chi connectivity index (χ3n) is 8.30. The van der Waals surface area contributed by atoms with Gasteiger partial charge in [0.1, 0.15) is 6.04 Å². The van der Waals surface area contributed by atoms with Crippen LogP contribution in [0, 0.1) is 23.7 Å². The highest BCUT2D eigenvalue weighted by atomic mass is 16.4. The number of hydrogen-bond acceptors (Lipinski definition) is 7. The number of fused-ring (bicyclic) bond motifs is 1. The summed E-state index contributed by atoms with van der Waals surface area (Å²) in [7, 11) is 0. The van der Waals surface area contributed by atoms with Crippen molar-refractivity contribution in [1.29, 1.82) is 0 Å². The van der Waals surface area contributed by atoms with E-state index in [9.17, 15) is 44.4 Å². The molecular formula is C33H45N3O9. The number of hydrogen-bond donors (Lipinski definition) is 7. The Bertz CT molecular complexity index is 1350. The number of carboxylic acid groups (broad SMARTS) is 2. The van der Waals surface area contributed by atoms with Crippen LogP contribution >= 0.6 is 0 Å². The lowest BCUT2D eigenvalue weighted by molar-refractivity contribution is -0.149. The van der Waals surface area contributed by atoms with Crippen LogP contribution in [0.3, 0.4) is 0 Å². The lowest BCUT2D eigenvalue weighted by atomic mass is 9.78. The Kier molecular flexibility index (Phi) is 12.5. The van der Waals surface area contributed by atoms with Crippen molar-refractivity contribution in [2.75, 3.05) is 0 Å². The summed E-state index contributed by atoms with van der Waals surface area (Å²) in [6.45, 7) is 7.19. The number of carbonyl (C=O) groups excluding carboxylic acids is 3. The maximum Gasteiger partial charge on any atom is 0.306 e. The van der Waals surface area contributed by atoms with E-state index >= 15 is 0 Å². The fraction of sp³-hybridized carbons (Fsp3) is 0.545. The van der Waals surface area contributed by atoms with Crippen LogP contribution in [0.5, 0.6) is 0 Å². The molecular weight excluding hydrogens is 582 g/mol. The lowest BCUT2D eigenvalue weighted by Crippen LogP contribution is -2.55. The molecule has 3 rings (SSSR count). The fourth-order valence-corrected chi connectivity index (χ4v) is 5.94. The SMILES string of the molecule is CC(C)C[C@H](NC(=O)C(O)c1cccc2ccccc12)[C@@H](O)CC(=O)N[C@H](C(=O)NC1C[C@@H](C(=O)O)C[C@@H](C(=O)O)C1)C(C)C. The second kappa shape index (κ2) is 15.8. The fourth-order valence-electron chi connectivity index (χ4n) is 5.94. The van der Waals surface area contributed by atoms with E-state index in [-0.39, 0.29) is 31.1 Å². The van der Waals surface area contributed by atoms with E-state index < -0.39 is 78.3 Å². The van der Waals surface area contributed by atoms with E-state index in [1.54, 1.807) is 38.1 Å². The Morgan fingerprint density at radius 3 is 1.98 bits per heavy atom. The van der Waals surface area contributed by atoms with Crippen molar-refractivity contribution < 1.29 is 44.4 Å². The molecule has 45 heavy (non-hydrogen) atoms. The molecule has 1 aliphatic carbocycles. The molecule has 12 nitrogen and oxygen atoms in total. The zero-order chi connectivity index (χ0) is 33.4. The van der Waals surface area contributed by atoms with Gasteiger partial charge >= 0.3 is 11.9 Å². The second-order valence-corrected chi connectivity index (χ2v) is 12.8. The highest BCUT2D eigenvalue weighted by Gasteiger charge is 2.38. The summed E-state index contributed by atoms with van der Waals surface area (Å²) in [4.78, 5) is 62.5. The quantitative estimate of drug-likeness (QED) is 0.164. The molecule has 0 spiro atoms. The van der Waals surface area contributed by atoms with Gasteiger partial charge in [-0.15, -0.1) is 0 Å². The van der Waals surface area contributed by atoms with Gasteiger partial charge in [0.15, 0.2) is 6.10 Å². The van der Waals surface area contributed by atoms with Crippen molar-refractivity contribution in [3.8, 4) is 0 Å². The number of benzene rings is 2. The molecule has 3 amide bonds. The average Bonchev–Trinajstić information content (AvgIpc) is 2.98. The van der Waals surface area contributed by atoms with Crippen molar-refractivity contribution >= 4 is 40.4 Å². The number of amides is 3. The van der Waals surface area contributed by atoms with Crippen LogP contribution in [-0.2, 0) is 24.0 Å². The second-order valence-electron chi connectivity index (χ2n) is 12.8. The first-order valence-electron chi connectivity index (χ1n) is 15.4. The largest absolute Gasteiger partial charge is 0.481 e. The lowest BCUT2D eigenvalue weighted by Gasteiger charge is -2.33. The number of rotatable bonds is 14. The Hall–Kier alpha value is -4.03. The standard InChI is InChI=1S/C33H45N3O9/c1-17(2)12-25(35-31(41)29(39)24-11-7-9-19-8-5-6-10-23(19)24)26(37)16-27(38)36-28(18(3)4)30(40)34-22-14-20(32(42)43)13-21(15-22)33(44)45/h5-11,17-18,20-22,25-26,28-29,37,39H,12-16H2,1-4H3,(H,34,40)(H,35,41)(H,36,38)(H,42,43)(H,44,45)/t20-,21+,22?,25-,26-,28-,29?/m0/s1. The highest BCUT2D eigenvalue weighted by Crippen LogP contribution is 2.30. The number of carbonyl (C=O) groups is 5. The molecule has 1 aliphatic rings. The van der Waals surface area contributed by atoms with Gasteiger partial charge in [-0.2, -0.15) is 0 Å². The Balaban J connectivity index is 1.66. The Labute approximate surface area is 262 Å². The summed E-state index contributed by atoms with van der Waals surface area (Å²) in [5, 5.41) is 50.5. The molecule has 246 valence electrons. The zero-order valence-electron chi connectivity index (χ0n) is 26.1. The van der Waals surface area contributed by atoms with Gasteiger partial charge in [0.25, 0.3) is 5.91 Å². The minimum Gasteiger partial charge on any atom is -0.481 e. The van der Waals surface area contributed by atoms with Gasteiger partial charge in [0.05, 0.1) is 30.4 Å². The van der Waals surface area contributed by atoms with E-state index in [1.807, 2.05) is 32.0 Å². The van der Waals surface area contributed by atoms with Crippen molar-refractivity contribution in [2.45, 2.75) is 90.1 Å². The Morgan fingerprint density at radius 2 is 1.40 bits per heavy atom. The van der Waals surface area contributed by atoms with Crippen LogP contribution in [0.25, 0.3) is 10.8 Å². The van der Waals surface area contributed by atoms with Gasteiger partial charge in [-0.1, -0.05) is 70.2 Å². The molecule has 2 unspecified atom stereocenters. The molecule has 0 bridgehead atoms. The summed E-state index contributed by atoms with van der Waals surface area (Å²) >= 11 is 0. The molecule has 1 saturated carbocycles. The van der Waals surface area contributed by atoms with E-state index in [0.717, 1.165) is 5.39 Å². The maximum absolute atomic E-state index is 13.2. The van der Waals surface area contributed by atoms with Gasteiger partial charge in [-0.25, -0.2) is 0 Å². The Morgan fingerprint density at radius 1 is 0.800 bits per heavy atom. The highest BCUT2D eigenvalue weighted by molar-refractivity contribution is 5.92. The molecule has 0 heterocycles.